The average Bonchev–Trinajstić information content (AvgIpc) is 2.43. The van der Waals surface area contributed by atoms with E-state index in [-0.39, 0.29) is 23.4 Å². The second-order valence-electron chi connectivity index (χ2n) is 4.87. The van der Waals surface area contributed by atoms with Crippen molar-refractivity contribution in [2.24, 2.45) is 0 Å². The van der Waals surface area contributed by atoms with Crippen molar-refractivity contribution in [2.45, 2.75) is 18.9 Å². The second kappa shape index (κ2) is 5.73. The highest BCUT2D eigenvalue weighted by molar-refractivity contribution is 5.96. The Bertz CT molecular complexity index is 539. The predicted octanol–water partition coefficient (Wildman–Crippen LogP) is 0.735. The van der Waals surface area contributed by atoms with Crippen molar-refractivity contribution in [2.75, 3.05) is 13.6 Å². The topological polar surface area (TPSA) is 86.7 Å². The molecule has 1 atom stereocenters. The molecule has 0 bridgehead atoms. The Morgan fingerprint density at radius 1 is 1.25 bits per heavy atom. The molecule has 1 aliphatic heterocycles. The Kier molecular flexibility index (Phi) is 4.02. The molecule has 0 spiro atoms. The summed E-state index contributed by atoms with van der Waals surface area (Å²) < 4.78 is 0. The van der Waals surface area contributed by atoms with Crippen molar-refractivity contribution in [1.29, 1.82) is 0 Å². The third-order valence-electron chi connectivity index (χ3n) is 3.36. The summed E-state index contributed by atoms with van der Waals surface area (Å²) in [4.78, 5) is 35.7. The number of piperidine rings is 1. The van der Waals surface area contributed by atoms with Gasteiger partial charge in [0.15, 0.2) is 0 Å². The van der Waals surface area contributed by atoms with Crippen LogP contribution in [0.15, 0.2) is 24.3 Å². The van der Waals surface area contributed by atoms with E-state index in [4.69, 9.17) is 5.11 Å². The maximum Gasteiger partial charge on any atom is 0.335 e. The standard InChI is InChI=1S/C14H16N2O4/c1-16-8-11(6-7-12(16)17)15-13(18)9-2-4-10(5-3-9)14(19)20/h2-5,11H,6-8H2,1H3,(H,15,18)(H,19,20)/t11-/m0/s1. The van der Waals surface area contributed by atoms with Crippen LogP contribution < -0.4 is 5.32 Å². The van der Waals surface area contributed by atoms with Crippen LogP contribution in [-0.4, -0.2) is 47.4 Å². The van der Waals surface area contributed by atoms with Crippen molar-refractivity contribution in [1.82, 2.24) is 10.2 Å². The van der Waals surface area contributed by atoms with Crippen molar-refractivity contribution < 1.29 is 19.5 Å². The molecule has 0 aromatic heterocycles. The maximum atomic E-state index is 12.0. The molecule has 0 aliphatic carbocycles. The molecule has 2 rings (SSSR count). The van der Waals surface area contributed by atoms with Gasteiger partial charge in [0.05, 0.1) is 5.56 Å². The molecule has 1 fully saturated rings. The first-order valence-electron chi connectivity index (χ1n) is 6.35. The number of nitrogens with one attached hydrogen (secondary N) is 1. The third kappa shape index (κ3) is 3.14. The summed E-state index contributed by atoms with van der Waals surface area (Å²) in [5.41, 5.74) is 0.555. The molecule has 6 heteroatoms. The van der Waals surface area contributed by atoms with E-state index in [9.17, 15) is 14.4 Å². The molecular weight excluding hydrogens is 260 g/mol. The highest BCUT2D eigenvalue weighted by atomic mass is 16.4. The lowest BCUT2D eigenvalue weighted by molar-refractivity contribution is -0.132. The Balaban J connectivity index is 1.98. The van der Waals surface area contributed by atoms with Gasteiger partial charge in [0.2, 0.25) is 5.91 Å². The third-order valence-corrected chi connectivity index (χ3v) is 3.36. The number of nitrogens with zero attached hydrogens (tertiary/aromatic N) is 1. The van der Waals surface area contributed by atoms with Crippen LogP contribution in [0.1, 0.15) is 33.6 Å². The van der Waals surface area contributed by atoms with Crippen molar-refractivity contribution in [3.8, 4) is 0 Å². The van der Waals surface area contributed by atoms with E-state index in [1.807, 2.05) is 0 Å². The van der Waals surface area contributed by atoms with Crippen molar-refractivity contribution in [3.63, 3.8) is 0 Å². The maximum absolute atomic E-state index is 12.0. The largest absolute Gasteiger partial charge is 0.478 e. The normalized spacial score (nSPS) is 18.8. The first-order chi connectivity index (χ1) is 9.47. The zero-order valence-electron chi connectivity index (χ0n) is 11.1. The van der Waals surface area contributed by atoms with Gasteiger partial charge in [0, 0.05) is 31.6 Å². The number of likely N-dealkylation sites (N-methyl/N-ethyl adjacent to an activating group) is 1. The molecule has 1 aromatic carbocycles. The minimum atomic E-state index is -1.02. The summed E-state index contributed by atoms with van der Waals surface area (Å²) in [5.74, 6) is -1.19. The van der Waals surface area contributed by atoms with Crippen LogP contribution in [0.2, 0.25) is 0 Å². The molecular formula is C14H16N2O4. The monoisotopic (exact) mass is 276 g/mol. The molecule has 20 heavy (non-hydrogen) atoms. The number of carbonyl (C=O) groups excluding carboxylic acids is 2. The number of carboxylic acid groups (broad SMARTS) is 1. The quantitative estimate of drug-likeness (QED) is 0.852. The van der Waals surface area contributed by atoms with E-state index < -0.39 is 5.97 Å². The second-order valence-corrected chi connectivity index (χ2v) is 4.87. The molecule has 1 saturated heterocycles. The number of amides is 2. The Labute approximate surface area is 116 Å². The van der Waals surface area contributed by atoms with Crippen LogP contribution in [0.4, 0.5) is 0 Å². The summed E-state index contributed by atoms with van der Waals surface area (Å²) in [6.07, 6.45) is 1.06. The minimum absolute atomic E-state index is 0.0654. The van der Waals surface area contributed by atoms with Crippen LogP contribution in [0, 0.1) is 0 Å². The molecule has 1 aliphatic rings. The lowest BCUT2D eigenvalue weighted by atomic mass is 10.0. The first kappa shape index (κ1) is 14.0. The highest BCUT2D eigenvalue weighted by Crippen LogP contribution is 2.11. The van der Waals surface area contributed by atoms with Crippen LogP contribution in [0.3, 0.4) is 0 Å². The fraction of sp³-hybridized carbons (Fsp3) is 0.357. The zero-order valence-corrected chi connectivity index (χ0v) is 11.1. The van der Waals surface area contributed by atoms with E-state index >= 15 is 0 Å². The fourth-order valence-corrected chi connectivity index (χ4v) is 2.16. The lowest BCUT2D eigenvalue weighted by Gasteiger charge is -2.30. The average molecular weight is 276 g/mol. The molecule has 6 nitrogen and oxygen atoms in total. The molecule has 0 unspecified atom stereocenters. The van der Waals surface area contributed by atoms with Gasteiger partial charge < -0.3 is 15.3 Å². The lowest BCUT2D eigenvalue weighted by Crippen LogP contribution is -2.48. The van der Waals surface area contributed by atoms with Gasteiger partial charge in [-0.25, -0.2) is 4.79 Å². The summed E-state index contributed by atoms with van der Waals surface area (Å²) in [6, 6.07) is 5.69. The number of benzene rings is 1. The van der Waals surface area contributed by atoms with E-state index in [0.29, 0.717) is 24.9 Å². The number of aromatic carboxylic acids is 1. The smallest absolute Gasteiger partial charge is 0.335 e. The molecule has 1 aromatic rings. The van der Waals surface area contributed by atoms with Crippen LogP contribution >= 0.6 is 0 Å². The summed E-state index contributed by atoms with van der Waals surface area (Å²) in [6.45, 7) is 0.498. The fourth-order valence-electron chi connectivity index (χ4n) is 2.16. The van der Waals surface area contributed by atoms with Gasteiger partial charge in [-0.2, -0.15) is 0 Å². The molecule has 0 radical (unpaired) electrons. The van der Waals surface area contributed by atoms with Crippen molar-refractivity contribution in [3.05, 3.63) is 35.4 Å². The minimum Gasteiger partial charge on any atom is -0.478 e. The predicted molar refractivity (Wildman–Crippen MR) is 71.5 cm³/mol. The Hall–Kier alpha value is -2.37. The van der Waals surface area contributed by atoms with Crippen LogP contribution in [-0.2, 0) is 4.79 Å². The Morgan fingerprint density at radius 2 is 1.85 bits per heavy atom. The van der Waals surface area contributed by atoms with Gasteiger partial charge in [0.1, 0.15) is 0 Å². The van der Waals surface area contributed by atoms with Gasteiger partial charge in [-0.15, -0.1) is 0 Å². The van der Waals surface area contributed by atoms with Gasteiger partial charge in [-0.05, 0) is 30.7 Å². The van der Waals surface area contributed by atoms with E-state index in [0.717, 1.165) is 0 Å². The highest BCUT2D eigenvalue weighted by Gasteiger charge is 2.24. The van der Waals surface area contributed by atoms with Gasteiger partial charge >= 0.3 is 5.97 Å². The van der Waals surface area contributed by atoms with Crippen LogP contribution in [0.5, 0.6) is 0 Å². The SMILES string of the molecule is CN1C[C@@H](NC(=O)c2ccc(C(=O)O)cc2)CCC1=O. The Morgan fingerprint density at radius 3 is 2.40 bits per heavy atom. The number of rotatable bonds is 3. The van der Waals surface area contributed by atoms with Crippen LogP contribution in [0.25, 0.3) is 0 Å². The molecule has 2 amide bonds. The van der Waals surface area contributed by atoms with Gasteiger partial charge in [-0.3, -0.25) is 9.59 Å². The molecule has 2 N–H and O–H groups in total. The molecule has 0 saturated carbocycles. The van der Waals surface area contributed by atoms with E-state index in [2.05, 4.69) is 5.32 Å². The molecule has 1 heterocycles. The number of hydrogen-bond acceptors (Lipinski definition) is 3. The number of carboxylic acids is 1. The number of carbonyl (C=O) groups is 3. The van der Waals surface area contributed by atoms with Crippen molar-refractivity contribution >= 4 is 17.8 Å². The summed E-state index contributed by atoms with van der Waals surface area (Å²) >= 11 is 0. The van der Waals surface area contributed by atoms with E-state index in [1.54, 1.807) is 11.9 Å². The van der Waals surface area contributed by atoms with E-state index in [1.165, 1.54) is 24.3 Å². The zero-order chi connectivity index (χ0) is 14.7. The first-order valence-corrected chi connectivity index (χ1v) is 6.35. The van der Waals surface area contributed by atoms with Gasteiger partial charge in [0.25, 0.3) is 5.91 Å². The van der Waals surface area contributed by atoms with Gasteiger partial charge in [-0.1, -0.05) is 0 Å². The number of likely N-dealkylation sites (tertiary alicyclic amines) is 1. The summed E-state index contributed by atoms with van der Waals surface area (Å²) in [5, 5.41) is 11.6. The summed E-state index contributed by atoms with van der Waals surface area (Å²) in [7, 11) is 1.71. The molecule has 106 valence electrons. The number of hydrogen-bond donors (Lipinski definition) is 2.